The number of carbonyl (C=O) groups excluding carboxylic acids is 2. The SMILES string of the molecule is CCCCCCCCCCCCCCCCCOC(=O)CCCCCCCCC(=O)OC(C)C(C)C. The van der Waals surface area contributed by atoms with Crippen molar-refractivity contribution in [1.82, 2.24) is 0 Å². The lowest BCUT2D eigenvalue weighted by atomic mass is 10.0. The first-order valence-electron chi connectivity index (χ1n) is 15.8. The molecule has 0 aromatic heterocycles. The molecule has 0 aliphatic heterocycles. The van der Waals surface area contributed by atoms with Gasteiger partial charge in [0, 0.05) is 12.8 Å². The predicted octanol–water partition coefficient (Wildman–Crippen LogP) is 10.1. The molecule has 0 aliphatic rings. The van der Waals surface area contributed by atoms with Crippen LogP contribution in [0.2, 0.25) is 0 Å². The first-order chi connectivity index (χ1) is 17.5. The van der Waals surface area contributed by atoms with Gasteiger partial charge in [-0.05, 0) is 32.1 Å². The van der Waals surface area contributed by atoms with Crippen molar-refractivity contribution in [2.24, 2.45) is 5.92 Å². The first-order valence-corrected chi connectivity index (χ1v) is 15.8. The molecular weight excluding hydrogens is 448 g/mol. The van der Waals surface area contributed by atoms with Crippen LogP contribution in [0, 0.1) is 5.92 Å². The highest BCUT2D eigenvalue weighted by Gasteiger charge is 2.12. The lowest BCUT2D eigenvalue weighted by Gasteiger charge is -2.16. The molecule has 0 amide bonds. The Morgan fingerprint density at radius 1 is 0.500 bits per heavy atom. The highest BCUT2D eigenvalue weighted by Crippen LogP contribution is 2.14. The molecule has 4 nitrogen and oxygen atoms in total. The Bertz CT molecular complexity index is 489. The second-order valence-corrected chi connectivity index (χ2v) is 11.2. The number of unbranched alkanes of at least 4 members (excludes halogenated alkanes) is 19. The summed E-state index contributed by atoms with van der Waals surface area (Å²) in [6, 6.07) is 0. The van der Waals surface area contributed by atoms with Crippen molar-refractivity contribution < 1.29 is 19.1 Å². The van der Waals surface area contributed by atoms with Gasteiger partial charge in [0.15, 0.2) is 0 Å². The summed E-state index contributed by atoms with van der Waals surface area (Å²) >= 11 is 0. The molecule has 0 heterocycles. The van der Waals surface area contributed by atoms with Gasteiger partial charge in [0.2, 0.25) is 0 Å². The average molecular weight is 511 g/mol. The van der Waals surface area contributed by atoms with Gasteiger partial charge in [0.1, 0.15) is 6.10 Å². The van der Waals surface area contributed by atoms with Crippen molar-refractivity contribution in [2.45, 2.75) is 181 Å². The van der Waals surface area contributed by atoms with Gasteiger partial charge in [-0.3, -0.25) is 9.59 Å². The Morgan fingerprint density at radius 2 is 0.861 bits per heavy atom. The number of ether oxygens (including phenoxy) is 2. The molecule has 0 bridgehead atoms. The Kier molecular flexibility index (Phi) is 26.2. The number of esters is 2. The molecule has 0 radical (unpaired) electrons. The van der Waals surface area contributed by atoms with Gasteiger partial charge in [-0.2, -0.15) is 0 Å². The van der Waals surface area contributed by atoms with Crippen molar-refractivity contribution in [3.05, 3.63) is 0 Å². The zero-order chi connectivity index (χ0) is 26.7. The zero-order valence-corrected chi connectivity index (χ0v) is 24.8. The van der Waals surface area contributed by atoms with E-state index in [1.54, 1.807) is 0 Å². The zero-order valence-electron chi connectivity index (χ0n) is 24.8. The van der Waals surface area contributed by atoms with Crippen LogP contribution >= 0.6 is 0 Å². The van der Waals surface area contributed by atoms with Crippen molar-refractivity contribution in [3.8, 4) is 0 Å². The highest BCUT2D eigenvalue weighted by molar-refractivity contribution is 5.69. The maximum atomic E-state index is 11.9. The van der Waals surface area contributed by atoms with Gasteiger partial charge in [-0.1, -0.05) is 136 Å². The molecule has 0 aromatic rings. The third-order valence-electron chi connectivity index (χ3n) is 7.28. The van der Waals surface area contributed by atoms with E-state index in [1.165, 1.54) is 89.9 Å². The molecule has 4 heteroatoms. The molecule has 0 saturated heterocycles. The quantitative estimate of drug-likeness (QED) is 0.0814. The fraction of sp³-hybridized carbons (Fsp3) is 0.938. The lowest BCUT2D eigenvalue weighted by Crippen LogP contribution is -2.19. The van der Waals surface area contributed by atoms with Gasteiger partial charge in [0.25, 0.3) is 0 Å². The number of rotatable bonds is 27. The molecule has 1 atom stereocenters. The summed E-state index contributed by atoms with van der Waals surface area (Å²) in [4.78, 5) is 23.6. The Hall–Kier alpha value is -1.06. The van der Waals surface area contributed by atoms with Crippen molar-refractivity contribution >= 4 is 11.9 Å². The monoisotopic (exact) mass is 510 g/mol. The topological polar surface area (TPSA) is 52.6 Å². The molecular formula is C32H62O4. The van der Waals surface area contributed by atoms with Crippen LogP contribution in [0.25, 0.3) is 0 Å². The van der Waals surface area contributed by atoms with E-state index in [1.807, 2.05) is 6.92 Å². The minimum Gasteiger partial charge on any atom is -0.466 e. The second-order valence-electron chi connectivity index (χ2n) is 11.2. The third kappa shape index (κ3) is 26.0. The van der Waals surface area contributed by atoms with E-state index in [-0.39, 0.29) is 18.0 Å². The fourth-order valence-corrected chi connectivity index (χ4v) is 4.38. The number of hydrogen-bond acceptors (Lipinski definition) is 4. The highest BCUT2D eigenvalue weighted by atomic mass is 16.5. The van der Waals surface area contributed by atoms with E-state index in [0.29, 0.717) is 25.4 Å². The van der Waals surface area contributed by atoms with Crippen molar-refractivity contribution in [3.63, 3.8) is 0 Å². The van der Waals surface area contributed by atoms with Crippen molar-refractivity contribution in [1.29, 1.82) is 0 Å². The third-order valence-corrected chi connectivity index (χ3v) is 7.28. The van der Waals surface area contributed by atoms with Crippen LogP contribution in [0.15, 0.2) is 0 Å². The number of carbonyl (C=O) groups is 2. The minimum atomic E-state index is -0.0759. The van der Waals surface area contributed by atoms with Gasteiger partial charge in [0.05, 0.1) is 6.61 Å². The molecule has 0 aliphatic carbocycles. The van der Waals surface area contributed by atoms with E-state index >= 15 is 0 Å². The Labute approximate surface area is 225 Å². The molecule has 0 saturated carbocycles. The first kappa shape index (κ1) is 34.9. The largest absolute Gasteiger partial charge is 0.466 e. The van der Waals surface area contributed by atoms with Crippen LogP contribution < -0.4 is 0 Å². The number of hydrogen-bond donors (Lipinski definition) is 0. The van der Waals surface area contributed by atoms with E-state index < -0.39 is 0 Å². The fourth-order valence-electron chi connectivity index (χ4n) is 4.38. The molecule has 0 fully saturated rings. The minimum absolute atomic E-state index is 0.00327. The standard InChI is InChI=1S/C32H62O4/c1-5-6-7-8-9-10-11-12-13-14-15-16-19-22-25-28-35-31(33)26-23-20-17-18-21-24-27-32(34)36-30(4)29(2)3/h29-30H,5-28H2,1-4H3. The average Bonchev–Trinajstić information content (AvgIpc) is 2.85. The molecule has 36 heavy (non-hydrogen) atoms. The smallest absolute Gasteiger partial charge is 0.306 e. The summed E-state index contributed by atoms with van der Waals surface area (Å²) in [5, 5.41) is 0. The predicted molar refractivity (Wildman–Crippen MR) is 153 cm³/mol. The molecule has 1 unspecified atom stereocenters. The van der Waals surface area contributed by atoms with Crippen LogP contribution in [0.1, 0.15) is 175 Å². The van der Waals surface area contributed by atoms with Gasteiger partial charge < -0.3 is 9.47 Å². The molecule has 214 valence electrons. The molecule has 0 aromatic carbocycles. The van der Waals surface area contributed by atoms with Gasteiger partial charge in [-0.15, -0.1) is 0 Å². The van der Waals surface area contributed by atoms with Crippen molar-refractivity contribution in [2.75, 3.05) is 6.61 Å². The maximum absolute atomic E-state index is 11.9. The second kappa shape index (κ2) is 27.0. The molecule has 0 spiro atoms. The van der Waals surface area contributed by atoms with E-state index in [4.69, 9.17) is 9.47 Å². The summed E-state index contributed by atoms with van der Waals surface area (Å²) in [7, 11) is 0. The lowest BCUT2D eigenvalue weighted by molar-refractivity contribution is -0.150. The van der Waals surface area contributed by atoms with Gasteiger partial charge >= 0.3 is 11.9 Å². The summed E-state index contributed by atoms with van der Waals surface area (Å²) < 4.78 is 10.8. The van der Waals surface area contributed by atoms with E-state index in [2.05, 4.69) is 20.8 Å². The van der Waals surface area contributed by atoms with Crippen LogP contribution in [-0.4, -0.2) is 24.6 Å². The van der Waals surface area contributed by atoms with Crippen LogP contribution in [-0.2, 0) is 19.1 Å². The van der Waals surface area contributed by atoms with Crippen LogP contribution in [0.4, 0.5) is 0 Å². The Balaban J connectivity index is 3.26. The summed E-state index contributed by atoms with van der Waals surface area (Å²) in [5.41, 5.74) is 0. The summed E-state index contributed by atoms with van der Waals surface area (Å²) in [6.45, 7) is 8.95. The van der Waals surface area contributed by atoms with Crippen LogP contribution in [0.3, 0.4) is 0 Å². The summed E-state index contributed by atoms with van der Waals surface area (Å²) in [5.74, 6) is 0.250. The molecule has 0 N–H and O–H groups in total. The Morgan fingerprint density at radius 3 is 1.28 bits per heavy atom. The normalized spacial score (nSPS) is 12.1. The van der Waals surface area contributed by atoms with Crippen LogP contribution in [0.5, 0.6) is 0 Å². The van der Waals surface area contributed by atoms with Gasteiger partial charge in [-0.25, -0.2) is 0 Å². The molecule has 0 rings (SSSR count). The van der Waals surface area contributed by atoms with E-state index in [9.17, 15) is 9.59 Å². The summed E-state index contributed by atoms with van der Waals surface area (Å²) in [6.07, 6.45) is 27.4. The van der Waals surface area contributed by atoms with E-state index in [0.717, 1.165) is 44.9 Å². The maximum Gasteiger partial charge on any atom is 0.306 e.